The fourth-order valence-electron chi connectivity index (χ4n) is 2.97. The van der Waals surface area contributed by atoms with Crippen LogP contribution in [0.25, 0.3) is 5.69 Å². The molecule has 1 aromatic heterocycles. The lowest BCUT2D eigenvalue weighted by molar-refractivity contribution is 0.237. The van der Waals surface area contributed by atoms with Crippen LogP contribution in [0.2, 0.25) is 0 Å². The summed E-state index contributed by atoms with van der Waals surface area (Å²) in [6, 6.07) is 9.90. The Morgan fingerprint density at radius 2 is 1.90 bits per heavy atom. The first-order valence-corrected chi connectivity index (χ1v) is 8.00. The Morgan fingerprint density at radius 3 is 2.62 bits per heavy atom. The first-order chi connectivity index (χ1) is 10.3. The van der Waals surface area contributed by atoms with Gasteiger partial charge >= 0.3 is 0 Å². The van der Waals surface area contributed by atoms with E-state index in [-0.39, 0.29) is 5.41 Å². The Balaban J connectivity index is 1.73. The van der Waals surface area contributed by atoms with E-state index in [1.54, 1.807) is 4.68 Å². The Bertz CT molecular complexity index is 562. The fraction of sp³-hybridized carbons (Fsp3) is 0.533. The normalized spacial score (nSPS) is 17.6. The molecule has 6 heteroatoms. The van der Waals surface area contributed by atoms with Gasteiger partial charge in [0.25, 0.3) is 0 Å². The molecule has 1 fully saturated rings. The molecule has 0 saturated heterocycles. The van der Waals surface area contributed by atoms with Gasteiger partial charge in [0.1, 0.15) is 0 Å². The number of para-hydroxylation sites is 1. The molecule has 112 valence electrons. The van der Waals surface area contributed by atoms with Gasteiger partial charge in [-0.1, -0.05) is 42.6 Å². The molecule has 0 radical (unpaired) electrons. The highest BCUT2D eigenvalue weighted by molar-refractivity contribution is 6.18. The van der Waals surface area contributed by atoms with Gasteiger partial charge in [-0.2, -0.15) is 4.68 Å². The summed E-state index contributed by atoms with van der Waals surface area (Å²) in [5, 5.41) is 15.3. The van der Waals surface area contributed by atoms with Gasteiger partial charge in [0, 0.05) is 17.8 Å². The van der Waals surface area contributed by atoms with Crippen molar-refractivity contribution in [1.29, 1.82) is 0 Å². The number of nitrogens with one attached hydrogen (secondary N) is 1. The van der Waals surface area contributed by atoms with Crippen molar-refractivity contribution in [3.8, 4) is 5.69 Å². The third-order valence-electron chi connectivity index (χ3n) is 4.29. The topological polar surface area (TPSA) is 55.6 Å². The molecule has 0 aliphatic heterocycles. The number of anilines is 1. The van der Waals surface area contributed by atoms with Crippen LogP contribution in [0.1, 0.15) is 32.1 Å². The molecule has 2 aromatic rings. The highest BCUT2D eigenvalue weighted by atomic mass is 35.5. The quantitative estimate of drug-likeness (QED) is 0.861. The van der Waals surface area contributed by atoms with Gasteiger partial charge in [0.05, 0.1) is 5.69 Å². The number of hydrogen-bond acceptors (Lipinski definition) is 4. The van der Waals surface area contributed by atoms with Crippen LogP contribution in [0.5, 0.6) is 0 Å². The monoisotopic (exact) mass is 305 g/mol. The second-order valence-electron chi connectivity index (χ2n) is 5.80. The van der Waals surface area contributed by atoms with Crippen molar-refractivity contribution in [2.75, 3.05) is 17.7 Å². The minimum Gasteiger partial charge on any atom is -0.352 e. The molecule has 0 bridgehead atoms. The van der Waals surface area contributed by atoms with E-state index in [1.807, 2.05) is 30.3 Å². The maximum Gasteiger partial charge on any atom is 0.247 e. The molecule has 0 spiro atoms. The summed E-state index contributed by atoms with van der Waals surface area (Å²) in [5.41, 5.74) is 1.13. The number of nitrogens with zero attached hydrogens (tertiary/aromatic N) is 4. The van der Waals surface area contributed by atoms with Gasteiger partial charge in [0.15, 0.2) is 0 Å². The summed E-state index contributed by atoms with van der Waals surface area (Å²) in [6.45, 7) is 0.823. The van der Waals surface area contributed by atoms with Gasteiger partial charge in [-0.05, 0) is 35.4 Å². The van der Waals surface area contributed by atoms with Crippen LogP contribution in [0.3, 0.4) is 0 Å². The predicted octanol–water partition coefficient (Wildman–Crippen LogP) is 3.26. The van der Waals surface area contributed by atoms with Gasteiger partial charge in [-0.15, -0.1) is 11.6 Å². The predicted molar refractivity (Wildman–Crippen MR) is 83.9 cm³/mol. The SMILES string of the molecule is ClCC1(CNc2nnnn2-c2ccccc2)CCCCC1. The minimum absolute atomic E-state index is 0.174. The Labute approximate surface area is 129 Å². The number of alkyl halides is 1. The van der Waals surface area contributed by atoms with Crippen molar-refractivity contribution >= 4 is 17.5 Å². The highest BCUT2D eigenvalue weighted by Gasteiger charge is 2.31. The molecular formula is C15H20ClN5. The molecular weight excluding hydrogens is 286 g/mol. The van der Waals surface area contributed by atoms with Crippen molar-refractivity contribution < 1.29 is 0 Å². The molecule has 21 heavy (non-hydrogen) atoms. The molecule has 1 heterocycles. The zero-order valence-electron chi connectivity index (χ0n) is 12.0. The average Bonchev–Trinajstić information content (AvgIpc) is 3.03. The summed E-state index contributed by atoms with van der Waals surface area (Å²) in [7, 11) is 0. The minimum atomic E-state index is 0.174. The second-order valence-corrected chi connectivity index (χ2v) is 6.06. The summed E-state index contributed by atoms with van der Waals surface area (Å²) >= 11 is 6.24. The molecule has 0 amide bonds. The maximum absolute atomic E-state index is 6.24. The van der Waals surface area contributed by atoms with E-state index >= 15 is 0 Å². The molecule has 1 aromatic carbocycles. The lowest BCUT2D eigenvalue weighted by Gasteiger charge is -2.35. The Morgan fingerprint density at radius 1 is 1.14 bits per heavy atom. The van der Waals surface area contributed by atoms with E-state index in [2.05, 4.69) is 20.8 Å². The van der Waals surface area contributed by atoms with Crippen molar-refractivity contribution in [2.45, 2.75) is 32.1 Å². The highest BCUT2D eigenvalue weighted by Crippen LogP contribution is 2.37. The molecule has 1 aliphatic rings. The van der Waals surface area contributed by atoms with Crippen LogP contribution in [-0.4, -0.2) is 32.6 Å². The molecule has 0 unspecified atom stereocenters. The van der Waals surface area contributed by atoms with Crippen LogP contribution in [0.15, 0.2) is 30.3 Å². The lowest BCUT2D eigenvalue weighted by atomic mass is 9.75. The zero-order valence-corrected chi connectivity index (χ0v) is 12.8. The van der Waals surface area contributed by atoms with E-state index < -0.39 is 0 Å². The van der Waals surface area contributed by atoms with E-state index in [0.717, 1.165) is 12.2 Å². The van der Waals surface area contributed by atoms with Gasteiger partial charge in [-0.25, -0.2) is 0 Å². The molecule has 1 saturated carbocycles. The fourth-order valence-corrected chi connectivity index (χ4v) is 3.33. The first-order valence-electron chi connectivity index (χ1n) is 7.47. The third-order valence-corrected chi connectivity index (χ3v) is 4.86. The smallest absolute Gasteiger partial charge is 0.247 e. The van der Waals surface area contributed by atoms with Crippen LogP contribution >= 0.6 is 11.6 Å². The van der Waals surface area contributed by atoms with Crippen LogP contribution < -0.4 is 5.32 Å². The van der Waals surface area contributed by atoms with Crippen molar-refractivity contribution in [1.82, 2.24) is 20.2 Å². The maximum atomic E-state index is 6.24. The third kappa shape index (κ3) is 3.18. The van der Waals surface area contributed by atoms with Crippen molar-refractivity contribution in [3.63, 3.8) is 0 Å². The lowest BCUT2D eigenvalue weighted by Crippen LogP contribution is -2.34. The molecule has 0 atom stereocenters. The zero-order chi connectivity index (χ0) is 14.5. The average molecular weight is 306 g/mol. The number of tetrazole rings is 1. The second kappa shape index (κ2) is 6.43. The number of rotatable bonds is 5. The molecule has 3 rings (SSSR count). The summed E-state index contributed by atoms with van der Waals surface area (Å²) in [4.78, 5) is 0. The summed E-state index contributed by atoms with van der Waals surface area (Å²) < 4.78 is 1.73. The Kier molecular flexibility index (Phi) is 4.39. The van der Waals surface area contributed by atoms with E-state index in [4.69, 9.17) is 11.6 Å². The van der Waals surface area contributed by atoms with Crippen LogP contribution in [0, 0.1) is 5.41 Å². The van der Waals surface area contributed by atoms with Gasteiger partial charge in [0.2, 0.25) is 5.95 Å². The number of benzene rings is 1. The van der Waals surface area contributed by atoms with Crippen molar-refractivity contribution in [2.24, 2.45) is 5.41 Å². The Hall–Kier alpha value is -1.62. The largest absolute Gasteiger partial charge is 0.352 e. The standard InChI is InChI=1S/C15H20ClN5/c16-11-15(9-5-2-6-10-15)12-17-14-18-19-20-21(14)13-7-3-1-4-8-13/h1,3-4,7-8H,2,5-6,9-12H2,(H,17,18,20). The molecule has 1 N–H and O–H groups in total. The summed E-state index contributed by atoms with van der Waals surface area (Å²) in [6.07, 6.45) is 6.20. The number of halogens is 1. The van der Waals surface area contributed by atoms with E-state index in [0.29, 0.717) is 11.8 Å². The van der Waals surface area contributed by atoms with Crippen LogP contribution in [0.4, 0.5) is 5.95 Å². The molecule has 1 aliphatic carbocycles. The molecule has 5 nitrogen and oxygen atoms in total. The van der Waals surface area contributed by atoms with Gasteiger partial charge in [-0.3, -0.25) is 0 Å². The van der Waals surface area contributed by atoms with Crippen LogP contribution in [-0.2, 0) is 0 Å². The van der Waals surface area contributed by atoms with Gasteiger partial charge < -0.3 is 5.32 Å². The van der Waals surface area contributed by atoms with E-state index in [1.165, 1.54) is 32.1 Å². The summed E-state index contributed by atoms with van der Waals surface area (Å²) in [5.74, 6) is 1.36. The van der Waals surface area contributed by atoms with E-state index in [9.17, 15) is 0 Å². The first kappa shape index (κ1) is 14.3. The van der Waals surface area contributed by atoms with Crippen molar-refractivity contribution in [3.05, 3.63) is 30.3 Å². The number of hydrogen-bond donors (Lipinski definition) is 1. The number of aromatic nitrogens is 4.